The van der Waals surface area contributed by atoms with Gasteiger partial charge in [0.15, 0.2) is 0 Å². The SMILES string of the molecule is CC(C#N)N/N=C1\CC(=O)N(CCCN)c2ccccc21. The van der Waals surface area contributed by atoms with E-state index in [1.807, 2.05) is 30.3 Å². The maximum atomic E-state index is 12.3. The first-order chi connectivity index (χ1) is 10.2. The maximum Gasteiger partial charge on any atom is 0.233 e. The molecule has 21 heavy (non-hydrogen) atoms. The van der Waals surface area contributed by atoms with Crippen molar-refractivity contribution in [3.63, 3.8) is 0 Å². The number of nitrogens with two attached hydrogens (primary N) is 1. The normalized spacial score (nSPS) is 17.3. The Kier molecular flexibility index (Phi) is 4.90. The molecule has 1 aromatic carbocycles. The third-order valence-corrected chi connectivity index (χ3v) is 3.30. The summed E-state index contributed by atoms with van der Waals surface area (Å²) in [5.74, 6) is 0.00677. The van der Waals surface area contributed by atoms with E-state index in [0.717, 1.165) is 17.7 Å². The molecule has 0 aliphatic carbocycles. The number of amides is 1. The summed E-state index contributed by atoms with van der Waals surface area (Å²) in [5.41, 5.74) is 10.7. The number of benzene rings is 1. The molecule has 110 valence electrons. The van der Waals surface area contributed by atoms with Crippen LogP contribution in [0.25, 0.3) is 0 Å². The van der Waals surface area contributed by atoms with E-state index >= 15 is 0 Å². The van der Waals surface area contributed by atoms with Crippen LogP contribution in [-0.4, -0.2) is 30.8 Å². The Labute approximate surface area is 124 Å². The van der Waals surface area contributed by atoms with Gasteiger partial charge in [0.2, 0.25) is 5.91 Å². The summed E-state index contributed by atoms with van der Waals surface area (Å²) in [5, 5.41) is 13.0. The van der Waals surface area contributed by atoms with Crippen LogP contribution in [0, 0.1) is 11.3 Å². The van der Waals surface area contributed by atoms with Crippen molar-refractivity contribution in [2.75, 3.05) is 18.0 Å². The minimum Gasteiger partial charge on any atom is -0.330 e. The summed E-state index contributed by atoms with van der Waals surface area (Å²) in [6.07, 6.45) is 0.989. The standard InChI is InChI=1S/C15H19N5O/c1-11(10-17)18-19-13-9-15(21)20(8-4-7-16)14-6-3-2-5-12(13)14/h2-3,5-6,11,18H,4,7-9,16H2,1H3/b19-13+. The van der Waals surface area contributed by atoms with Gasteiger partial charge in [0.05, 0.1) is 23.9 Å². The van der Waals surface area contributed by atoms with Gasteiger partial charge in [-0.15, -0.1) is 0 Å². The van der Waals surface area contributed by atoms with Gasteiger partial charge in [-0.05, 0) is 26.0 Å². The van der Waals surface area contributed by atoms with E-state index in [1.165, 1.54) is 0 Å². The van der Waals surface area contributed by atoms with Crippen molar-refractivity contribution in [1.29, 1.82) is 5.26 Å². The van der Waals surface area contributed by atoms with Crippen molar-refractivity contribution >= 4 is 17.3 Å². The summed E-state index contributed by atoms with van der Waals surface area (Å²) in [7, 11) is 0. The third-order valence-electron chi connectivity index (χ3n) is 3.30. The van der Waals surface area contributed by atoms with E-state index < -0.39 is 6.04 Å². The minimum absolute atomic E-state index is 0.00677. The summed E-state index contributed by atoms with van der Waals surface area (Å²) in [4.78, 5) is 14.1. The fraction of sp³-hybridized carbons (Fsp3) is 0.400. The molecule has 2 rings (SSSR count). The fourth-order valence-corrected chi connectivity index (χ4v) is 2.22. The smallest absolute Gasteiger partial charge is 0.233 e. The molecule has 3 N–H and O–H groups in total. The van der Waals surface area contributed by atoms with E-state index in [9.17, 15) is 4.79 Å². The van der Waals surface area contributed by atoms with Crippen molar-refractivity contribution in [3.8, 4) is 6.07 Å². The Morgan fingerprint density at radius 1 is 1.52 bits per heavy atom. The summed E-state index contributed by atoms with van der Waals surface area (Å²) in [6, 6.07) is 9.32. The molecule has 0 spiro atoms. The Balaban J connectivity index is 2.31. The summed E-state index contributed by atoms with van der Waals surface area (Å²) in [6.45, 7) is 2.88. The van der Waals surface area contributed by atoms with Crippen molar-refractivity contribution in [2.24, 2.45) is 10.8 Å². The predicted octanol–water partition coefficient (Wildman–Crippen LogP) is 0.978. The molecule has 6 nitrogen and oxygen atoms in total. The highest BCUT2D eigenvalue weighted by atomic mass is 16.2. The molecule has 0 bridgehead atoms. The highest BCUT2D eigenvalue weighted by Crippen LogP contribution is 2.28. The Hall–Kier alpha value is -2.39. The van der Waals surface area contributed by atoms with Gasteiger partial charge in [0.25, 0.3) is 0 Å². The maximum absolute atomic E-state index is 12.3. The van der Waals surface area contributed by atoms with Crippen molar-refractivity contribution in [2.45, 2.75) is 25.8 Å². The largest absolute Gasteiger partial charge is 0.330 e. The number of nitrogens with one attached hydrogen (secondary N) is 1. The fourth-order valence-electron chi connectivity index (χ4n) is 2.22. The second-order valence-corrected chi connectivity index (χ2v) is 4.92. The van der Waals surface area contributed by atoms with Crippen LogP contribution in [0.2, 0.25) is 0 Å². The second-order valence-electron chi connectivity index (χ2n) is 4.92. The number of para-hydroxylation sites is 1. The quantitative estimate of drug-likeness (QED) is 0.788. The van der Waals surface area contributed by atoms with Crippen molar-refractivity contribution < 1.29 is 4.79 Å². The van der Waals surface area contributed by atoms with Gasteiger partial charge >= 0.3 is 0 Å². The number of hydrogen-bond donors (Lipinski definition) is 2. The van der Waals surface area contributed by atoms with Crippen LogP contribution in [0.4, 0.5) is 5.69 Å². The molecule has 1 amide bonds. The van der Waals surface area contributed by atoms with Crippen LogP contribution < -0.4 is 16.1 Å². The van der Waals surface area contributed by atoms with Gasteiger partial charge in [0.1, 0.15) is 6.04 Å². The molecule has 1 aliphatic heterocycles. The van der Waals surface area contributed by atoms with Crippen molar-refractivity contribution in [1.82, 2.24) is 5.43 Å². The molecule has 0 aromatic heterocycles. The van der Waals surface area contributed by atoms with Crippen LogP contribution >= 0.6 is 0 Å². The lowest BCUT2D eigenvalue weighted by atomic mass is 9.99. The Morgan fingerprint density at radius 2 is 2.29 bits per heavy atom. The first kappa shape index (κ1) is 15.0. The molecule has 1 atom stereocenters. The van der Waals surface area contributed by atoms with E-state index in [2.05, 4.69) is 10.5 Å². The zero-order chi connectivity index (χ0) is 15.2. The zero-order valence-electron chi connectivity index (χ0n) is 12.0. The van der Waals surface area contributed by atoms with E-state index in [0.29, 0.717) is 18.8 Å². The molecule has 0 saturated carbocycles. The van der Waals surface area contributed by atoms with Gasteiger partial charge in [-0.3, -0.25) is 10.2 Å². The average Bonchev–Trinajstić information content (AvgIpc) is 2.51. The lowest BCUT2D eigenvalue weighted by Gasteiger charge is -2.30. The molecule has 1 unspecified atom stereocenters. The molecule has 6 heteroatoms. The van der Waals surface area contributed by atoms with E-state index in [4.69, 9.17) is 11.0 Å². The van der Waals surface area contributed by atoms with Crippen LogP contribution in [0.3, 0.4) is 0 Å². The van der Waals surface area contributed by atoms with Gasteiger partial charge < -0.3 is 10.6 Å². The highest BCUT2D eigenvalue weighted by Gasteiger charge is 2.27. The third kappa shape index (κ3) is 3.38. The number of carbonyl (C=O) groups is 1. The zero-order valence-corrected chi connectivity index (χ0v) is 12.0. The van der Waals surface area contributed by atoms with Crippen molar-refractivity contribution in [3.05, 3.63) is 29.8 Å². The summed E-state index contributed by atoms with van der Waals surface area (Å²) >= 11 is 0. The number of hydrazone groups is 1. The lowest BCUT2D eigenvalue weighted by molar-refractivity contribution is -0.117. The monoisotopic (exact) mass is 285 g/mol. The molecule has 1 aliphatic rings. The van der Waals surface area contributed by atoms with Crippen LogP contribution in [-0.2, 0) is 4.79 Å². The van der Waals surface area contributed by atoms with Gasteiger partial charge in [-0.25, -0.2) is 0 Å². The Bertz CT molecular complexity index is 590. The first-order valence-electron chi connectivity index (χ1n) is 6.99. The Morgan fingerprint density at radius 3 is 3.00 bits per heavy atom. The van der Waals surface area contributed by atoms with E-state index in [1.54, 1.807) is 11.8 Å². The molecule has 0 fully saturated rings. The van der Waals surface area contributed by atoms with Gasteiger partial charge in [-0.1, -0.05) is 18.2 Å². The number of rotatable bonds is 5. The lowest BCUT2D eigenvalue weighted by Crippen LogP contribution is -2.39. The molecule has 1 heterocycles. The second kappa shape index (κ2) is 6.86. The van der Waals surface area contributed by atoms with E-state index in [-0.39, 0.29) is 12.3 Å². The van der Waals surface area contributed by atoms with Crippen LogP contribution in [0.15, 0.2) is 29.4 Å². The number of fused-ring (bicyclic) bond motifs is 1. The number of hydrogen-bond acceptors (Lipinski definition) is 5. The molecular weight excluding hydrogens is 266 g/mol. The van der Waals surface area contributed by atoms with Crippen LogP contribution in [0.5, 0.6) is 0 Å². The number of nitrogens with zero attached hydrogens (tertiary/aromatic N) is 3. The number of nitriles is 1. The van der Waals surface area contributed by atoms with Crippen LogP contribution in [0.1, 0.15) is 25.3 Å². The molecule has 1 aromatic rings. The molecular formula is C15H19N5O. The van der Waals surface area contributed by atoms with Gasteiger partial charge in [0, 0.05) is 12.1 Å². The number of carbonyl (C=O) groups excluding carboxylic acids is 1. The molecule has 0 saturated heterocycles. The minimum atomic E-state index is -0.393. The summed E-state index contributed by atoms with van der Waals surface area (Å²) < 4.78 is 0. The van der Waals surface area contributed by atoms with Gasteiger partial charge in [-0.2, -0.15) is 10.4 Å². The first-order valence-corrected chi connectivity index (χ1v) is 6.99. The number of anilines is 1. The topological polar surface area (TPSA) is 94.5 Å². The highest BCUT2D eigenvalue weighted by molar-refractivity contribution is 6.21. The predicted molar refractivity (Wildman–Crippen MR) is 81.8 cm³/mol. The molecule has 0 radical (unpaired) electrons. The average molecular weight is 285 g/mol.